The van der Waals surface area contributed by atoms with Crippen LogP contribution in [0.15, 0.2) is 64.5 Å². The first-order valence-corrected chi connectivity index (χ1v) is 8.70. The molecule has 0 atom stereocenters. The Kier molecular flexibility index (Phi) is 4.16. The first kappa shape index (κ1) is 16.9. The summed E-state index contributed by atoms with van der Waals surface area (Å²) in [6.07, 6.45) is 1.68. The van der Waals surface area contributed by atoms with Crippen LogP contribution in [0.2, 0.25) is 0 Å². The van der Waals surface area contributed by atoms with E-state index in [9.17, 15) is 4.79 Å². The van der Waals surface area contributed by atoms with Gasteiger partial charge in [0.25, 0.3) is 5.56 Å². The molecule has 0 aliphatic carbocycles. The van der Waals surface area contributed by atoms with Crippen molar-refractivity contribution in [2.24, 2.45) is 5.10 Å². The summed E-state index contributed by atoms with van der Waals surface area (Å²) in [6, 6.07) is 17.2. The van der Waals surface area contributed by atoms with E-state index in [0.29, 0.717) is 16.7 Å². The van der Waals surface area contributed by atoms with Crippen molar-refractivity contribution in [2.75, 3.05) is 0 Å². The number of rotatable bonds is 3. The molecule has 0 N–H and O–H groups in total. The van der Waals surface area contributed by atoms with Gasteiger partial charge in [0.05, 0.1) is 34.2 Å². The minimum Gasteiger partial charge on any atom is -0.267 e. The first-order chi connectivity index (χ1) is 13.1. The van der Waals surface area contributed by atoms with Gasteiger partial charge in [0, 0.05) is 5.56 Å². The Balaban J connectivity index is 1.80. The Morgan fingerprint density at radius 1 is 0.963 bits per heavy atom. The second kappa shape index (κ2) is 6.64. The number of nitrogens with zero attached hydrogens (tertiary/aromatic N) is 5. The molecule has 2 heterocycles. The van der Waals surface area contributed by atoms with Gasteiger partial charge in [-0.2, -0.15) is 14.9 Å². The summed E-state index contributed by atoms with van der Waals surface area (Å²) in [6.45, 7) is 5.70. The van der Waals surface area contributed by atoms with Crippen molar-refractivity contribution in [1.29, 1.82) is 0 Å². The van der Waals surface area contributed by atoms with Crippen LogP contribution in [0.25, 0.3) is 16.6 Å². The molecule has 2 aromatic heterocycles. The highest BCUT2D eigenvalue weighted by molar-refractivity contribution is 5.83. The quantitative estimate of drug-likeness (QED) is 0.528. The van der Waals surface area contributed by atoms with E-state index in [0.717, 1.165) is 22.6 Å². The molecule has 0 radical (unpaired) electrons. The van der Waals surface area contributed by atoms with Crippen LogP contribution < -0.4 is 5.56 Å². The highest BCUT2D eigenvalue weighted by Gasteiger charge is 2.12. The predicted molar refractivity (Wildman–Crippen MR) is 107 cm³/mol. The van der Waals surface area contributed by atoms with Crippen LogP contribution in [0.3, 0.4) is 0 Å². The smallest absolute Gasteiger partial charge is 0.267 e. The summed E-state index contributed by atoms with van der Waals surface area (Å²) in [4.78, 5) is 17.2. The standard InChI is InChI=1S/C21H19N5O/c1-14-19(15(2)25(24-14)17-9-5-4-6-10-17)13-22-26-16(3)23-20-12-8-7-11-18(20)21(26)27/h4-13H,1-3H3. The molecule has 0 amide bonds. The SMILES string of the molecule is Cc1nn(-c2ccccc2)c(C)c1C=Nn1c(C)nc2ccccc2c1=O. The average molecular weight is 357 g/mol. The monoisotopic (exact) mass is 357 g/mol. The maximum absolute atomic E-state index is 12.8. The molecule has 0 spiro atoms. The van der Waals surface area contributed by atoms with Crippen molar-refractivity contribution < 1.29 is 0 Å². The van der Waals surface area contributed by atoms with Gasteiger partial charge in [-0.15, -0.1) is 0 Å². The number of benzene rings is 2. The van der Waals surface area contributed by atoms with Crippen molar-refractivity contribution in [3.63, 3.8) is 0 Å². The zero-order valence-electron chi connectivity index (χ0n) is 15.4. The molecule has 6 nitrogen and oxygen atoms in total. The Bertz CT molecular complexity index is 1220. The topological polar surface area (TPSA) is 65.1 Å². The van der Waals surface area contributed by atoms with Crippen molar-refractivity contribution in [2.45, 2.75) is 20.8 Å². The molecule has 0 fully saturated rings. The molecule has 0 bridgehead atoms. The number of hydrogen-bond acceptors (Lipinski definition) is 4. The van der Waals surface area contributed by atoms with Gasteiger partial charge in [-0.1, -0.05) is 30.3 Å². The van der Waals surface area contributed by atoms with E-state index >= 15 is 0 Å². The van der Waals surface area contributed by atoms with Crippen LogP contribution in [-0.4, -0.2) is 25.7 Å². The van der Waals surface area contributed by atoms with E-state index in [2.05, 4.69) is 15.2 Å². The Labute approximate surface area is 156 Å². The molecule has 4 aromatic rings. The first-order valence-electron chi connectivity index (χ1n) is 8.70. The van der Waals surface area contributed by atoms with Gasteiger partial charge >= 0.3 is 0 Å². The van der Waals surface area contributed by atoms with E-state index in [1.807, 2.05) is 67.1 Å². The minimum atomic E-state index is -0.180. The molecule has 0 aliphatic rings. The number of para-hydroxylation sites is 2. The Morgan fingerprint density at radius 2 is 1.67 bits per heavy atom. The van der Waals surface area contributed by atoms with Crippen LogP contribution in [-0.2, 0) is 0 Å². The molecule has 0 saturated heterocycles. The summed E-state index contributed by atoms with van der Waals surface area (Å²) in [5, 5.41) is 9.58. The van der Waals surface area contributed by atoms with Crippen LogP contribution >= 0.6 is 0 Å². The van der Waals surface area contributed by atoms with E-state index in [1.54, 1.807) is 19.2 Å². The molecular formula is C21H19N5O. The molecule has 134 valence electrons. The van der Waals surface area contributed by atoms with Gasteiger partial charge in [-0.05, 0) is 45.0 Å². The van der Waals surface area contributed by atoms with Gasteiger partial charge in [0.1, 0.15) is 5.82 Å². The lowest BCUT2D eigenvalue weighted by Crippen LogP contribution is -2.20. The van der Waals surface area contributed by atoms with Gasteiger partial charge in [0.15, 0.2) is 0 Å². The van der Waals surface area contributed by atoms with Gasteiger partial charge in [-0.25, -0.2) is 9.67 Å². The zero-order valence-corrected chi connectivity index (χ0v) is 15.4. The molecule has 4 rings (SSSR count). The van der Waals surface area contributed by atoms with Crippen molar-refractivity contribution in [3.8, 4) is 5.69 Å². The van der Waals surface area contributed by atoms with Crippen LogP contribution in [0.5, 0.6) is 0 Å². The third kappa shape index (κ3) is 2.95. The fourth-order valence-corrected chi connectivity index (χ4v) is 3.15. The third-order valence-corrected chi connectivity index (χ3v) is 4.57. The van der Waals surface area contributed by atoms with Crippen LogP contribution in [0.4, 0.5) is 0 Å². The average Bonchev–Trinajstić information content (AvgIpc) is 2.96. The molecule has 0 aliphatic heterocycles. The zero-order chi connectivity index (χ0) is 19.0. The lowest BCUT2D eigenvalue weighted by molar-refractivity contribution is 0.770. The summed E-state index contributed by atoms with van der Waals surface area (Å²) in [5.74, 6) is 0.542. The fourth-order valence-electron chi connectivity index (χ4n) is 3.15. The maximum atomic E-state index is 12.8. The summed E-state index contributed by atoms with van der Waals surface area (Å²) >= 11 is 0. The van der Waals surface area contributed by atoms with Crippen molar-refractivity contribution in [3.05, 3.63) is 87.7 Å². The maximum Gasteiger partial charge on any atom is 0.282 e. The van der Waals surface area contributed by atoms with E-state index in [4.69, 9.17) is 0 Å². The second-order valence-corrected chi connectivity index (χ2v) is 6.37. The lowest BCUT2D eigenvalue weighted by Gasteiger charge is -2.05. The minimum absolute atomic E-state index is 0.180. The number of hydrogen-bond donors (Lipinski definition) is 0. The highest BCUT2D eigenvalue weighted by atomic mass is 16.1. The highest BCUT2D eigenvalue weighted by Crippen LogP contribution is 2.16. The number of aromatic nitrogens is 4. The molecule has 27 heavy (non-hydrogen) atoms. The van der Waals surface area contributed by atoms with Crippen LogP contribution in [0.1, 0.15) is 22.8 Å². The Hall–Kier alpha value is -3.54. The normalized spacial score (nSPS) is 11.5. The fraction of sp³-hybridized carbons (Fsp3) is 0.143. The van der Waals surface area contributed by atoms with Crippen LogP contribution in [0, 0.1) is 20.8 Å². The molecule has 2 aromatic carbocycles. The third-order valence-electron chi connectivity index (χ3n) is 4.57. The molecule has 6 heteroatoms. The summed E-state index contributed by atoms with van der Waals surface area (Å²) in [7, 11) is 0. The summed E-state index contributed by atoms with van der Waals surface area (Å²) < 4.78 is 3.21. The Morgan fingerprint density at radius 3 is 2.44 bits per heavy atom. The van der Waals surface area contributed by atoms with Gasteiger partial charge in [-0.3, -0.25) is 4.79 Å². The summed E-state index contributed by atoms with van der Waals surface area (Å²) in [5.41, 5.74) is 4.18. The largest absolute Gasteiger partial charge is 0.282 e. The van der Waals surface area contributed by atoms with E-state index in [-0.39, 0.29) is 5.56 Å². The van der Waals surface area contributed by atoms with Gasteiger partial charge in [0.2, 0.25) is 0 Å². The van der Waals surface area contributed by atoms with Gasteiger partial charge < -0.3 is 0 Å². The van der Waals surface area contributed by atoms with Crippen molar-refractivity contribution >= 4 is 17.1 Å². The number of fused-ring (bicyclic) bond motifs is 1. The molecule has 0 unspecified atom stereocenters. The second-order valence-electron chi connectivity index (χ2n) is 6.37. The predicted octanol–water partition coefficient (Wildman–Crippen LogP) is 3.39. The van der Waals surface area contributed by atoms with E-state index in [1.165, 1.54) is 4.68 Å². The molecular weight excluding hydrogens is 338 g/mol. The molecule has 0 saturated carbocycles. The lowest BCUT2D eigenvalue weighted by atomic mass is 10.2. The van der Waals surface area contributed by atoms with Crippen molar-refractivity contribution in [1.82, 2.24) is 19.4 Å². The van der Waals surface area contributed by atoms with E-state index < -0.39 is 0 Å². The number of aryl methyl sites for hydroxylation is 2.